The van der Waals surface area contributed by atoms with Gasteiger partial charge in [0.25, 0.3) is 0 Å². The lowest BCUT2D eigenvalue weighted by Crippen LogP contribution is -2.36. The van der Waals surface area contributed by atoms with E-state index in [9.17, 15) is 0 Å². The molecule has 1 unspecified atom stereocenters. The fourth-order valence-corrected chi connectivity index (χ4v) is 2.29. The molecule has 1 rings (SSSR count). The van der Waals surface area contributed by atoms with Crippen LogP contribution in [0.5, 0.6) is 5.75 Å². The third kappa shape index (κ3) is 4.87. The highest BCUT2D eigenvalue weighted by atomic mass is 16.5. The van der Waals surface area contributed by atoms with E-state index < -0.39 is 0 Å². The number of hydrogen-bond donors (Lipinski definition) is 1. The number of ether oxygens (including phenoxy) is 1. The van der Waals surface area contributed by atoms with Crippen molar-refractivity contribution in [1.29, 1.82) is 0 Å². The molecule has 0 saturated carbocycles. The number of benzene rings is 1. The molecule has 1 aromatic carbocycles. The van der Waals surface area contributed by atoms with E-state index in [4.69, 9.17) is 4.74 Å². The topological polar surface area (TPSA) is 21.3 Å². The van der Waals surface area contributed by atoms with Crippen LogP contribution in [0.1, 0.15) is 50.3 Å². The average Bonchev–Trinajstić information content (AvgIpc) is 2.36. The molecule has 0 spiro atoms. The SMILES string of the molecule is CCC(CC)NCC(C)Oc1cc(C)cc(C)c1C. The van der Waals surface area contributed by atoms with E-state index in [2.05, 4.69) is 59.0 Å². The van der Waals surface area contributed by atoms with Gasteiger partial charge in [0, 0.05) is 12.6 Å². The zero-order valence-electron chi connectivity index (χ0n) is 13.3. The van der Waals surface area contributed by atoms with Crippen LogP contribution in [-0.2, 0) is 0 Å². The normalized spacial score (nSPS) is 12.8. The summed E-state index contributed by atoms with van der Waals surface area (Å²) < 4.78 is 6.08. The van der Waals surface area contributed by atoms with Gasteiger partial charge in [-0.05, 0) is 63.3 Å². The zero-order chi connectivity index (χ0) is 14.4. The first-order valence-electron chi connectivity index (χ1n) is 7.45. The van der Waals surface area contributed by atoms with E-state index >= 15 is 0 Å². The van der Waals surface area contributed by atoms with Crippen molar-refractivity contribution < 1.29 is 4.74 Å². The highest BCUT2D eigenvalue weighted by Crippen LogP contribution is 2.24. The van der Waals surface area contributed by atoms with Gasteiger partial charge in [0.1, 0.15) is 11.9 Å². The number of aryl methyl sites for hydroxylation is 2. The largest absolute Gasteiger partial charge is 0.489 e. The molecular formula is C17H29NO. The van der Waals surface area contributed by atoms with Crippen LogP contribution in [0.2, 0.25) is 0 Å². The Morgan fingerprint density at radius 2 is 1.74 bits per heavy atom. The summed E-state index contributed by atoms with van der Waals surface area (Å²) in [6.07, 6.45) is 2.54. The number of nitrogens with one attached hydrogen (secondary N) is 1. The van der Waals surface area contributed by atoms with E-state index in [1.807, 2.05) is 0 Å². The van der Waals surface area contributed by atoms with Gasteiger partial charge in [0.15, 0.2) is 0 Å². The molecule has 0 bridgehead atoms. The fraction of sp³-hybridized carbons (Fsp3) is 0.647. The van der Waals surface area contributed by atoms with Gasteiger partial charge in [-0.1, -0.05) is 19.9 Å². The summed E-state index contributed by atoms with van der Waals surface area (Å²) in [5.74, 6) is 1.02. The molecule has 1 atom stereocenters. The molecule has 0 saturated heterocycles. The molecule has 2 heteroatoms. The third-order valence-electron chi connectivity index (χ3n) is 3.77. The first-order valence-corrected chi connectivity index (χ1v) is 7.45. The highest BCUT2D eigenvalue weighted by molar-refractivity contribution is 5.42. The maximum absolute atomic E-state index is 6.08. The minimum absolute atomic E-state index is 0.195. The van der Waals surface area contributed by atoms with Crippen LogP contribution >= 0.6 is 0 Å². The summed E-state index contributed by atoms with van der Waals surface area (Å²) in [5, 5.41) is 3.56. The van der Waals surface area contributed by atoms with Crippen LogP contribution in [0.4, 0.5) is 0 Å². The van der Waals surface area contributed by atoms with Gasteiger partial charge in [-0.3, -0.25) is 0 Å². The molecule has 1 N–H and O–H groups in total. The smallest absolute Gasteiger partial charge is 0.123 e. The summed E-state index contributed by atoms with van der Waals surface area (Å²) in [5.41, 5.74) is 3.81. The van der Waals surface area contributed by atoms with E-state index in [0.717, 1.165) is 12.3 Å². The van der Waals surface area contributed by atoms with Crippen LogP contribution in [0.15, 0.2) is 12.1 Å². The summed E-state index contributed by atoms with van der Waals surface area (Å²) in [7, 11) is 0. The Morgan fingerprint density at radius 1 is 1.11 bits per heavy atom. The summed E-state index contributed by atoms with van der Waals surface area (Å²) in [4.78, 5) is 0. The van der Waals surface area contributed by atoms with Crippen molar-refractivity contribution in [3.05, 3.63) is 28.8 Å². The van der Waals surface area contributed by atoms with E-state index in [1.54, 1.807) is 0 Å². The van der Waals surface area contributed by atoms with E-state index in [0.29, 0.717) is 6.04 Å². The first-order chi connectivity index (χ1) is 8.97. The lowest BCUT2D eigenvalue weighted by molar-refractivity contribution is 0.208. The van der Waals surface area contributed by atoms with Crippen molar-refractivity contribution in [2.45, 2.75) is 66.5 Å². The van der Waals surface area contributed by atoms with Crippen molar-refractivity contribution in [1.82, 2.24) is 5.32 Å². The second kappa shape index (κ2) is 7.54. The fourth-order valence-electron chi connectivity index (χ4n) is 2.29. The maximum Gasteiger partial charge on any atom is 0.123 e. The molecule has 0 radical (unpaired) electrons. The maximum atomic E-state index is 6.08. The van der Waals surface area contributed by atoms with E-state index in [-0.39, 0.29) is 6.10 Å². The molecule has 0 aliphatic heterocycles. The Morgan fingerprint density at radius 3 is 2.32 bits per heavy atom. The van der Waals surface area contributed by atoms with Crippen molar-refractivity contribution in [3.8, 4) is 5.75 Å². The Kier molecular flexibility index (Phi) is 6.36. The van der Waals surface area contributed by atoms with Crippen molar-refractivity contribution in [2.24, 2.45) is 0 Å². The minimum atomic E-state index is 0.195. The molecular weight excluding hydrogens is 234 g/mol. The molecule has 0 heterocycles. The second-order valence-electron chi connectivity index (χ2n) is 5.56. The van der Waals surface area contributed by atoms with Crippen LogP contribution in [-0.4, -0.2) is 18.7 Å². The van der Waals surface area contributed by atoms with Crippen LogP contribution in [0.25, 0.3) is 0 Å². The Labute approximate surface area is 118 Å². The molecule has 0 aliphatic carbocycles. The molecule has 19 heavy (non-hydrogen) atoms. The minimum Gasteiger partial charge on any atom is -0.489 e. The quantitative estimate of drug-likeness (QED) is 0.797. The molecule has 1 aromatic rings. The van der Waals surface area contributed by atoms with Gasteiger partial charge < -0.3 is 10.1 Å². The van der Waals surface area contributed by atoms with Crippen molar-refractivity contribution in [3.63, 3.8) is 0 Å². The monoisotopic (exact) mass is 263 g/mol. The van der Waals surface area contributed by atoms with Gasteiger partial charge in [-0.25, -0.2) is 0 Å². The first kappa shape index (κ1) is 16.0. The van der Waals surface area contributed by atoms with E-state index in [1.165, 1.54) is 29.5 Å². The van der Waals surface area contributed by atoms with Gasteiger partial charge in [-0.15, -0.1) is 0 Å². The molecule has 0 aromatic heterocycles. The van der Waals surface area contributed by atoms with Crippen molar-refractivity contribution in [2.75, 3.05) is 6.54 Å². The zero-order valence-corrected chi connectivity index (χ0v) is 13.3. The lowest BCUT2D eigenvalue weighted by Gasteiger charge is -2.21. The Hall–Kier alpha value is -1.02. The number of hydrogen-bond acceptors (Lipinski definition) is 2. The molecule has 0 aliphatic rings. The molecule has 0 amide bonds. The van der Waals surface area contributed by atoms with Crippen LogP contribution < -0.4 is 10.1 Å². The van der Waals surface area contributed by atoms with Gasteiger partial charge in [0.2, 0.25) is 0 Å². The van der Waals surface area contributed by atoms with Crippen LogP contribution in [0, 0.1) is 20.8 Å². The Bertz CT molecular complexity index is 396. The Balaban J connectivity index is 2.59. The van der Waals surface area contributed by atoms with Gasteiger partial charge in [-0.2, -0.15) is 0 Å². The summed E-state index contributed by atoms with van der Waals surface area (Å²) in [6.45, 7) is 13.9. The van der Waals surface area contributed by atoms with Crippen molar-refractivity contribution >= 4 is 0 Å². The lowest BCUT2D eigenvalue weighted by atomic mass is 10.1. The third-order valence-corrected chi connectivity index (χ3v) is 3.77. The summed E-state index contributed by atoms with van der Waals surface area (Å²) >= 11 is 0. The highest BCUT2D eigenvalue weighted by Gasteiger charge is 2.10. The number of rotatable bonds is 7. The molecule has 108 valence electrons. The summed E-state index contributed by atoms with van der Waals surface area (Å²) in [6, 6.07) is 4.94. The molecule has 2 nitrogen and oxygen atoms in total. The molecule has 0 fully saturated rings. The second-order valence-corrected chi connectivity index (χ2v) is 5.56. The average molecular weight is 263 g/mol. The standard InChI is InChI=1S/C17H29NO/c1-7-16(8-2)18-11-14(5)19-17-10-12(3)9-13(4)15(17)6/h9-10,14,16,18H,7-8,11H2,1-6H3. The predicted molar refractivity (Wildman–Crippen MR) is 83.1 cm³/mol. The van der Waals surface area contributed by atoms with Crippen LogP contribution in [0.3, 0.4) is 0 Å². The van der Waals surface area contributed by atoms with Gasteiger partial charge in [0.05, 0.1) is 0 Å². The van der Waals surface area contributed by atoms with Gasteiger partial charge >= 0.3 is 0 Å². The predicted octanol–water partition coefficient (Wildman–Crippen LogP) is 4.16.